The fourth-order valence-electron chi connectivity index (χ4n) is 12.4. The van der Waals surface area contributed by atoms with E-state index in [2.05, 4.69) is 259 Å². The van der Waals surface area contributed by atoms with Crippen LogP contribution in [0, 0.1) is 13.8 Å². The van der Waals surface area contributed by atoms with Crippen molar-refractivity contribution < 1.29 is 17.7 Å². The maximum absolute atomic E-state index is 7.11. The highest BCUT2D eigenvalue weighted by Crippen LogP contribution is 2.50. The second kappa shape index (κ2) is 16.6. The summed E-state index contributed by atoms with van der Waals surface area (Å²) in [4.78, 5) is 4.73. The molecule has 378 valence electrons. The molecule has 0 amide bonds. The monoisotopic (exact) mass is 1010 g/mol. The lowest BCUT2D eigenvalue weighted by Gasteiger charge is -2.27. The fraction of sp³-hybridized carbons (Fsp3) is 0.139. The van der Waals surface area contributed by atoms with Gasteiger partial charge >= 0.3 is 0 Å². The van der Waals surface area contributed by atoms with Crippen molar-refractivity contribution in [2.24, 2.45) is 0 Å². The Kier molecular flexibility index (Phi) is 9.82. The van der Waals surface area contributed by atoms with Crippen LogP contribution in [0.25, 0.3) is 109 Å². The zero-order valence-electron chi connectivity index (χ0n) is 45.0. The van der Waals surface area contributed by atoms with E-state index in [1.165, 1.54) is 22.3 Å². The van der Waals surface area contributed by atoms with E-state index in [4.69, 9.17) is 17.7 Å². The summed E-state index contributed by atoms with van der Waals surface area (Å²) in [6, 6.07) is 70.0. The summed E-state index contributed by atoms with van der Waals surface area (Å²) in [5.74, 6) is 0. The van der Waals surface area contributed by atoms with E-state index in [1.807, 2.05) is 0 Å². The van der Waals surface area contributed by atoms with Gasteiger partial charge in [0.05, 0.1) is 11.4 Å². The summed E-state index contributed by atoms with van der Waals surface area (Å²) in [5.41, 5.74) is 17.6. The number of nitrogens with zero attached hydrogens (tertiary/aromatic N) is 2. The summed E-state index contributed by atoms with van der Waals surface area (Å²) >= 11 is 0. The average Bonchev–Trinajstić information content (AvgIpc) is 4.28. The van der Waals surface area contributed by atoms with Gasteiger partial charge in [0.1, 0.15) is 44.7 Å². The Morgan fingerprint density at radius 2 is 0.654 bits per heavy atom. The zero-order chi connectivity index (χ0) is 52.9. The van der Waals surface area contributed by atoms with E-state index in [-0.39, 0.29) is 10.8 Å². The molecule has 0 fully saturated rings. The van der Waals surface area contributed by atoms with Crippen molar-refractivity contribution in [3.8, 4) is 0 Å². The molecule has 15 aromatic rings. The van der Waals surface area contributed by atoms with Crippen LogP contribution in [-0.2, 0) is 10.8 Å². The molecular formula is C72H56N2O4. The van der Waals surface area contributed by atoms with Crippen molar-refractivity contribution in [3.05, 3.63) is 216 Å². The highest BCUT2D eigenvalue weighted by molar-refractivity contribution is 6.28. The number of furan rings is 4. The number of hydrogen-bond acceptors (Lipinski definition) is 6. The van der Waals surface area contributed by atoms with E-state index < -0.39 is 0 Å². The Labute approximate surface area is 451 Å². The molecule has 4 heterocycles. The third-order valence-corrected chi connectivity index (χ3v) is 16.2. The standard InChI is InChI=1S/C72H56N2O4/c1-41-23-27-43(28-24-41)73(45-31-33-61-53(35-45)51-19-13-21-57(69(51)77-61)71(3,4)5)59-39-65-67(49-17-11-9-15-47(49)59)55-37-64-56(38-63(55)75-65)68-50-18-12-10-16-48(50)60(40-66(68)76-64)74(44-29-25-42(2)26-30-44)46-32-34-62-54(36-46)52-20-14-22-58(70(52)78-62)72(6,7)8/h9-40H,1-8H3. The lowest BCUT2D eigenvalue weighted by Crippen LogP contribution is -2.11. The molecule has 11 aromatic carbocycles. The van der Waals surface area contributed by atoms with Crippen LogP contribution >= 0.6 is 0 Å². The number of aryl methyl sites for hydroxylation is 2. The first-order valence-corrected chi connectivity index (χ1v) is 27.0. The molecular weight excluding hydrogens is 957 g/mol. The predicted molar refractivity (Wildman–Crippen MR) is 327 cm³/mol. The van der Waals surface area contributed by atoms with Crippen LogP contribution in [0.4, 0.5) is 34.1 Å². The zero-order valence-corrected chi connectivity index (χ0v) is 45.0. The van der Waals surface area contributed by atoms with Crippen molar-refractivity contribution in [2.75, 3.05) is 9.80 Å². The molecule has 0 unspecified atom stereocenters. The minimum atomic E-state index is -0.0757. The van der Waals surface area contributed by atoms with E-state index in [0.29, 0.717) is 0 Å². The fourth-order valence-corrected chi connectivity index (χ4v) is 12.4. The number of hydrogen-bond donors (Lipinski definition) is 0. The van der Waals surface area contributed by atoms with Crippen LogP contribution in [0.3, 0.4) is 0 Å². The molecule has 0 aliphatic heterocycles. The highest BCUT2D eigenvalue weighted by Gasteiger charge is 2.27. The SMILES string of the molecule is Cc1ccc(N(c2ccc3oc4c(C(C)(C)C)cccc4c3c2)c2cc3oc4cc5c(cc4c3c3ccccc23)oc2cc(N(c3ccc(C)cc3)c3ccc4oc6c(C(C)(C)C)cccc6c4c3)c3ccccc3c25)cc1. The first-order chi connectivity index (χ1) is 37.7. The van der Waals surface area contributed by atoms with Crippen molar-refractivity contribution in [3.63, 3.8) is 0 Å². The van der Waals surface area contributed by atoms with Gasteiger partial charge in [-0.25, -0.2) is 0 Å². The highest BCUT2D eigenvalue weighted by atomic mass is 16.3. The largest absolute Gasteiger partial charge is 0.456 e. The average molecular weight is 1010 g/mol. The van der Waals surface area contributed by atoms with Gasteiger partial charge < -0.3 is 27.5 Å². The molecule has 0 saturated carbocycles. The molecule has 15 rings (SSSR count). The second-order valence-electron chi connectivity index (χ2n) is 23.4. The molecule has 0 aliphatic rings. The molecule has 0 atom stereocenters. The molecule has 4 aromatic heterocycles. The van der Waals surface area contributed by atoms with Gasteiger partial charge in [-0.05, 0) is 108 Å². The van der Waals surface area contributed by atoms with Crippen molar-refractivity contribution >= 4 is 143 Å². The van der Waals surface area contributed by atoms with Crippen molar-refractivity contribution in [2.45, 2.75) is 66.2 Å². The normalized spacial score (nSPS) is 12.6. The molecule has 78 heavy (non-hydrogen) atoms. The molecule has 0 saturated heterocycles. The van der Waals surface area contributed by atoms with Crippen LogP contribution in [-0.4, -0.2) is 0 Å². The van der Waals surface area contributed by atoms with Crippen LogP contribution in [0.15, 0.2) is 212 Å². The van der Waals surface area contributed by atoms with Crippen LogP contribution in [0.5, 0.6) is 0 Å². The van der Waals surface area contributed by atoms with Crippen molar-refractivity contribution in [1.82, 2.24) is 0 Å². The Hall–Kier alpha value is -9.26. The molecule has 0 bridgehead atoms. The third kappa shape index (κ3) is 7.02. The molecule has 0 spiro atoms. The first-order valence-electron chi connectivity index (χ1n) is 27.0. The molecule has 0 N–H and O–H groups in total. The number of anilines is 6. The summed E-state index contributed by atoms with van der Waals surface area (Å²) in [6.45, 7) is 17.7. The number of benzene rings is 11. The number of rotatable bonds is 6. The second-order valence-corrected chi connectivity index (χ2v) is 23.4. The van der Waals surface area contributed by atoms with Gasteiger partial charge in [0.25, 0.3) is 0 Å². The van der Waals surface area contributed by atoms with Gasteiger partial charge in [0.2, 0.25) is 0 Å². The smallest absolute Gasteiger partial charge is 0.139 e. The summed E-state index contributed by atoms with van der Waals surface area (Å²) in [6.07, 6.45) is 0. The van der Waals surface area contributed by atoms with Gasteiger partial charge in [0, 0.05) is 99.9 Å². The lowest BCUT2D eigenvalue weighted by atomic mass is 9.86. The number of fused-ring (bicyclic) bond motifs is 16. The van der Waals surface area contributed by atoms with Gasteiger partial charge in [-0.3, -0.25) is 0 Å². The molecule has 0 radical (unpaired) electrons. The number of para-hydroxylation sites is 2. The summed E-state index contributed by atoms with van der Waals surface area (Å²) in [7, 11) is 0. The van der Waals surface area contributed by atoms with Gasteiger partial charge in [0.15, 0.2) is 0 Å². The Balaban J connectivity index is 0.921. The van der Waals surface area contributed by atoms with E-state index in [9.17, 15) is 0 Å². The van der Waals surface area contributed by atoms with Gasteiger partial charge in [-0.15, -0.1) is 0 Å². The van der Waals surface area contributed by atoms with Crippen molar-refractivity contribution in [1.29, 1.82) is 0 Å². The summed E-state index contributed by atoms with van der Waals surface area (Å²) in [5, 5.41) is 12.9. The predicted octanol–water partition coefficient (Wildman–Crippen LogP) is 21.7. The first kappa shape index (κ1) is 46.1. The van der Waals surface area contributed by atoms with Crippen LogP contribution in [0.2, 0.25) is 0 Å². The maximum Gasteiger partial charge on any atom is 0.139 e. The lowest BCUT2D eigenvalue weighted by molar-refractivity contribution is 0.572. The van der Waals surface area contributed by atoms with Gasteiger partial charge in [-0.2, -0.15) is 0 Å². The molecule has 6 nitrogen and oxygen atoms in total. The Morgan fingerprint density at radius 1 is 0.282 bits per heavy atom. The minimum absolute atomic E-state index is 0.0757. The maximum atomic E-state index is 7.11. The summed E-state index contributed by atoms with van der Waals surface area (Å²) < 4.78 is 27.5. The third-order valence-electron chi connectivity index (χ3n) is 16.2. The van der Waals surface area contributed by atoms with Gasteiger partial charge in [-0.1, -0.05) is 162 Å². The topological polar surface area (TPSA) is 59.0 Å². The quantitative estimate of drug-likeness (QED) is 0.165. The molecule has 0 aliphatic carbocycles. The Morgan fingerprint density at radius 3 is 1.05 bits per heavy atom. The van der Waals surface area contributed by atoms with E-state index >= 15 is 0 Å². The molecule has 6 heteroatoms. The Bertz CT molecular complexity index is 4640. The van der Waals surface area contributed by atoms with Crippen LogP contribution < -0.4 is 9.80 Å². The van der Waals surface area contributed by atoms with Crippen LogP contribution in [0.1, 0.15) is 63.8 Å². The minimum Gasteiger partial charge on any atom is -0.456 e. The van der Waals surface area contributed by atoms with E-state index in [0.717, 1.165) is 143 Å². The van der Waals surface area contributed by atoms with E-state index in [1.54, 1.807) is 0 Å².